The average molecular weight is 274 g/mol. The maximum Gasteiger partial charge on any atom is 0.149 e. The summed E-state index contributed by atoms with van der Waals surface area (Å²) < 4.78 is 11.9. The standard InChI is InChI=1S/C17H22O3/c1-2-16-17(11-7-6-10-15(12-18)20-16)19-13-14-8-4-3-5-9-14/h3-9,12,15-17H,2,10-11,13H2,1H3/b7-6-/t15-,16-,17-/m1/s1. The SMILES string of the molecule is CC[C@H]1O[C@@H](C=O)C/C=C\C[C@H]1OCc1ccccc1. The van der Waals surface area contributed by atoms with Crippen molar-refractivity contribution in [2.75, 3.05) is 0 Å². The Bertz CT molecular complexity index is 427. The minimum absolute atomic E-state index is 0.000735. The van der Waals surface area contributed by atoms with Crippen LogP contribution in [0.1, 0.15) is 31.7 Å². The fraction of sp³-hybridized carbons (Fsp3) is 0.471. The molecule has 0 aromatic heterocycles. The Morgan fingerprint density at radius 1 is 1.25 bits per heavy atom. The molecule has 0 saturated carbocycles. The summed E-state index contributed by atoms with van der Waals surface area (Å²) in [7, 11) is 0. The topological polar surface area (TPSA) is 35.5 Å². The van der Waals surface area contributed by atoms with E-state index in [1.54, 1.807) is 0 Å². The van der Waals surface area contributed by atoms with Crippen LogP contribution in [0, 0.1) is 0 Å². The molecule has 1 aromatic rings. The van der Waals surface area contributed by atoms with E-state index in [4.69, 9.17) is 9.47 Å². The molecule has 0 N–H and O–H groups in total. The van der Waals surface area contributed by atoms with Crippen molar-refractivity contribution in [1.29, 1.82) is 0 Å². The molecule has 108 valence electrons. The highest BCUT2D eigenvalue weighted by Gasteiger charge is 2.25. The number of aldehydes is 1. The van der Waals surface area contributed by atoms with Crippen molar-refractivity contribution in [3.8, 4) is 0 Å². The molecule has 0 saturated heterocycles. The third kappa shape index (κ3) is 4.29. The molecule has 20 heavy (non-hydrogen) atoms. The van der Waals surface area contributed by atoms with Crippen LogP contribution in [-0.2, 0) is 20.9 Å². The summed E-state index contributed by atoms with van der Waals surface area (Å²) in [5.41, 5.74) is 1.15. The van der Waals surface area contributed by atoms with Gasteiger partial charge >= 0.3 is 0 Å². The number of ether oxygens (including phenoxy) is 2. The maximum absolute atomic E-state index is 11.0. The predicted octanol–water partition coefficient (Wildman–Crippen LogP) is 3.28. The fourth-order valence-corrected chi connectivity index (χ4v) is 2.38. The summed E-state index contributed by atoms with van der Waals surface area (Å²) in [4.78, 5) is 11.0. The molecule has 2 rings (SSSR count). The molecule has 0 radical (unpaired) electrons. The quantitative estimate of drug-likeness (QED) is 0.610. The van der Waals surface area contributed by atoms with Crippen LogP contribution in [0.4, 0.5) is 0 Å². The van der Waals surface area contributed by atoms with Crippen molar-refractivity contribution in [2.24, 2.45) is 0 Å². The van der Waals surface area contributed by atoms with E-state index in [0.29, 0.717) is 13.0 Å². The first-order chi connectivity index (χ1) is 9.83. The minimum Gasteiger partial charge on any atom is -0.371 e. The highest BCUT2D eigenvalue weighted by molar-refractivity contribution is 5.56. The van der Waals surface area contributed by atoms with Gasteiger partial charge in [0.05, 0.1) is 18.8 Å². The molecule has 0 bridgehead atoms. The van der Waals surface area contributed by atoms with Crippen molar-refractivity contribution >= 4 is 6.29 Å². The van der Waals surface area contributed by atoms with E-state index in [9.17, 15) is 4.79 Å². The van der Waals surface area contributed by atoms with Gasteiger partial charge in [0.25, 0.3) is 0 Å². The molecular formula is C17H22O3. The molecule has 3 heteroatoms. The van der Waals surface area contributed by atoms with Crippen molar-refractivity contribution < 1.29 is 14.3 Å². The molecule has 0 amide bonds. The number of benzene rings is 1. The van der Waals surface area contributed by atoms with Crippen molar-refractivity contribution in [1.82, 2.24) is 0 Å². The van der Waals surface area contributed by atoms with Crippen LogP contribution in [0.15, 0.2) is 42.5 Å². The fourth-order valence-electron chi connectivity index (χ4n) is 2.38. The first-order valence-electron chi connectivity index (χ1n) is 7.24. The van der Waals surface area contributed by atoms with Crippen LogP contribution >= 0.6 is 0 Å². The Kier molecular flexibility index (Phi) is 5.96. The molecular weight excluding hydrogens is 252 g/mol. The lowest BCUT2D eigenvalue weighted by atomic mass is 10.0. The Labute approximate surface area is 120 Å². The van der Waals surface area contributed by atoms with E-state index in [-0.39, 0.29) is 18.3 Å². The molecule has 1 aliphatic heterocycles. The lowest BCUT2D eigenvalue weighted by Gasteiger charge is -2.29. The van der Waals surface area contributed by atoms with E-state index in [0.717, 1.165) is 24.7 Å². The van der Waals surface area contributed by atoms with Gasteiger partial charge in [-0.1, -0.05) is 49.4 Å². The van der Waals surface area contributed by atoms with E-state index in [1.807, 2.05) is 24.3 Å². The molecule has 0 fully saturated rings. The van der Waals surface area contributed by atoms with Gasteiger partial charge in [0, 0.05) is 0 Å². The zero-order valence-corrected chi connectivity index (χ0v) is 11.9. The predicted molar refractivity (Wildman–Crippen MR) is 78.4 cm³/mol. The zero-order valence-electron chi connectivity index (χ0n) is 11.9. The Morgan fingerprint density at radius 2 is 2.00 bits per heavy atom. The average Bonchev–Trinajstić information content (AvgIpc) is 2.48. The van der Waals surface area contributed by atoms with Crippen LogP contribution in [0.2, 0.25) is 0 Å². The van der Waals surface area contributed by atoms with E-state index >= 15 is 0 Å². The second-order valence-corrected chi connectivity index (χ2v) is 5.04. The van der Waals surface area contributed by atoms with Crippen molar-refractivity contribution in [3.05, 3.63) is 48.0 Å². The summed E-state index contributed by atoms with van der Waals surface area (Å²) in [6, 6.07) is 10.1. The lowest BCUT2D eigenvalue weighted by Crippen LogP contribution is -2.35. The van der Waals surface area contributed by atoms with Crippen molar-refractivity contribution in [2.45, 2.75) is 51.1 Å². The highest BCUT2D eigenvalue weighted by Crippen LogP contribution is 2.20. The smallest absolute Gasteiger partial charge is 0.149 e. The zero-order chi connectivity index (χ0) is 14.2. The molecule has 0 aliphatic carbocycles. The first kappa shape index (κ1) is 14.9. The Balaban J connectivity index is 1.98. The molecule has 1 heterocycles. The molecule has 0 spiro atoms. The Hall–Kier alpha value is -1.45. The number of carbonyl (C=O) groups is 1. The van der Waals surface area contributed by atoms with E-state index in [1.165, 1.54) is 0 Å². The molecule has 1 aliphatic rings. The van der Waals surface area contributed by atoms with E-state index < -0.39 is 0 Å². The first-order valence-corrected chi connectivity index (χ1v) is 7.24. The molecule has 1 aromatic carbocycles. The minimum atomic E-state index is -0.348. The Morgan fingerprint density at radius 3 is 2.70 bits per heavy atom. The number of rotatable bonds is 5. The van der Waals surface area contributed by atoms with Crippen molar-refractivity contribution in [3.63, 3.8) is 0 Å². The molecule has 3 atom stereocenters. The summed E-state index contributed by atoms with van der Waals surface area (Å²) in [6.45, 7) is 2.64. The second-order valence-electron chi connectivity index (χ2n) is 5.04. The molecule has 0 unspecified atom stereocenters. The van der Waals surface area contributed by atoms with Crippen LogP contribution in [0.25, 0.3) is 0 Å². The van der Waals surface area contributed by atoms with Crippen LogP contribution in [0.3, 0.4) is 0 Å². The number of hydrogen-bond acceptors (Lipinski definition) is 3. The third-order valence-corrected chi connectivity index (χ3v) is 3.53. The highest BCUT2D eigenvalue weighted by atomic mass is 16.5. The van der Waals surface area contributed by atoms with E-state index in [2.05, 4.69) is 25.1 Å². The van der Waals surface area contributed by atoms with Crippen LogP contribution in [0.5, 0.6) is 0 Å². The lowest BCUT2D eigenvalue weighted by molar-refractivity contribution is -0.134. The van der Waals surface area contributed by atoms with Gasteiger partial charge in [0.15, 0.2) is 0 Å². The summed E-state index contributed by atoms with van der Waals surface area (Å²) in [5, 5.41) is 0. The largest absolute Gasteiger partial charge is 0.371 e. The van der Waals surface area contributed by atoms with Crippen LogP contribution < -0.4 is 0 Å². The molecule has 3 nitrogen and oxygen atoms in total. The number of carbonyl (C=O) groups excluding carboxylic acids is 1. The maximum atomic E-state index is 11.0. The van der Waals surface area contributed by atoms with Gasteiger partial charge in [0.2, 0.25) is 0 Å². The van der Waals surface area contributed by atoms with Gasteiger partial charge in [-0.3, -0.25) is 0 Å². The normalized spacial score (nSPS) is 28.4. The van der Waals surface area contributed by atoms with Gasteiger partial charge in [-0.2, -0.15) is 0 Å². The van der Waals surface area contributed by atoms with Gasteiger partial charge in [-0.25, -0.2) is 0 Å². The second kappa shape index (κ2) is 7.98. The van der Waals surface area contributed by atoms with Gasteiger partial charge in [-0.05, 0) is 24.8 Å². The van der Waals surface area contributed by atoms with Gasteiger partial charge in [0.1, 0.15) is 12.4 Å². The summed E-state index contributed by atoms with van der Waals surface area (Å²) >= 11 is 0. The monoisotopic (exact) mass is 274 g/mol. The summed E-state index contributed by atoms with van der Waals surface area (Å²) in [6.07, 6.45) is 6.94. The third-order valence-electron chi connectivity index (χ3n) is 3.53. The summed E-state index contributed by atoms with van der Waals surface area (Å²) in [5.74, 6) is 0. The van der Waals surface area contributed by atoms with Crippen LogP contribution in [-0.4, -0.2) is 24.6 Å². The van der Waals surface area contributed by atoms with Gasteiger partial charge in [-0.15, -0.1) is 0 Å². The van der Waals surface area contributed by atoms with Gasteiger partial charge < -0.3 is 14.3 Å². The number of hydrogen-bond donors (Lipinski definition) is 0.